The lowest BCUT2D eigenvalue weighted by Gasteiger charge is -2.18. The summed E-state index contributed by atoms with van der Waals surface area (Å²) in [7, 11) is -4.26. The van der Waals surface area contributed by atoms with Crippen LogP contribution in [0.2, 0.25) is 0 Å². The zero-order valence-corrected chi connectivity index (χ0v) is 14.5. The Hall–Kier alpha value is -3.40. The van der Waals surface area contributed by atoms with Gasteiger partial charge < -0.3 is 5.11 Å². The van der Waals surface area contributed by atoms with E-state index in [-0.39, 0.29) is 5.56 Å². The van der Waals surface area contributed by atoms with Gasteiger partial charge in [0.25, 0.3) is 5.91 Å². The van der Waals surface area contributed by atoms with Crippen molar-refractivity contribution in [1.29, 1.82) is 0 Å². The van der Waals surface area contributed by atoms with Gasteiger partial charge in [0.2, 0.25) is 0 Å². The molecule has 2 heterocycles. The second-order valence-electron chi connectivity index (χ2n) is 5.86. The summed E-state index contributed by atoms with van der Waals surface area (Å²) in [6.45, 7) is -0.617. The standard InChI is InChI=1S/C17H13FN4O4S/c18-16-11(13-8-12(19-20-13)10-4-2-1-3-5-10)6-7-14(23)17(16)22-9-15(24)21-27(22,25)26/h1-8,23H,9H2,(H,19,20)(H,21,24). The van der Waals surface area contributed by atoms with E-state index in [1.54, 1.807) is 10.8 Å². The molecule has 27 heavy (non-hydrogen) atoms. The minimum absolute atomic E-state index is 0.00651. The lowest BCUT2D eigenvalue weighted by atomic mass is 10.1. The Balaban J connectivity index is 1.80. The molecule has 0 saturated carbocycles. The maximum Gasteiger partial charge on any atom is 0.326 e. The molecule has 138 valence electrons. The largest absolute Gasteiger partial charge is 0.506 e. The van der Waals surface area contributed by atoms with E-state index in [0.29, 0.717) is 15.7 Å². The molecule has 1 aliphatic heterocycles. The monoisotopic (exact) mass is 388 g/mol. The second-order valence-corrected chi connectivity index (χ2v) is 7.46. The van der Waals surface area contributed by atoms with Crippen molar-refractivity contribution in [3.63, 3.8) is 0 Å². The number of nitrogens with zero attached hydrogens (tertiary/aromatic N) is 2. The minimum atomic E-state index is -4.26. The molecule has 3 N–H and O–H groups in total. The lowest BCUT2D eigenvalue weighted by Crippen LogP contribution is -2.30. The van der Waals surface area contributed by atoms with Gasteiger partial charge in [-0.3, -0.25) is 9.89 Å². The maximum atomic E-state index is 15.1. The van der Waals surface area contributed by atoms with Gasteiger partial charge in [0.1, 0.15) is 18.0 Å². The van der Waals surface area contributed by atoms with Crippen LogP contribution in [0.1, 0.15) is 0 Å². The molecule has 0 spiro atoms. The average molecular weight is 388 g/mol. The number of aromatic amines is 1. The number of aromatic nitrogens is 2. The zero-order chi connectivity index (χ0) is 19.2. The zero-order valence-electron chi connectivity index (χ0n) is 13.7. The summed E-state index contributed by atoms with van der Waals surface area (Å²) in [6.07, 6.45) is 0. The van der Waals surface area contributed by atoms with Gasteiger partial charge in [0.05, 0.1) is 11.4 Å². The van der Waals surface area contributed by atoms with Gasteiger partial charge in [-0.15, -0.1) is 0 Å². The van der Waals surface area contributed by atoms with E-state index in [1.165, 1.54) is 6.07 Å². The summed E-state index contributed by atoms with van der Waals surface area (Å²) in [5.41, 5.74) is 1.10. The van der Waals surface area contributed by atoms with Crippen LogP contribution in [0.15, 0.2) is 48.5 Å². The average Bonchev–Trinajstić information content (AvgIpc) is 3.20. The number of carbonyl (C=O) groups excluding carboxylic acids is 1. The molecule has 0 bridgehead atoms. The van der Waals surface area contributed by atoms with Crippen molar-refractivity contribution in [2.45, 2.75) is 0 Å². The first-order chi connectivity index (χ1) is 12.9. The van der Waals surface area contributed by atoms with Crippen molar-refractivity contribution in [1.82, 2.24) is 14.9 Å². The number of phenols is 1. The minimum Gasteiger partial charge on any atom is -0.506 e. The van der Waals surface area contributed by atoms with Crippen LogP contribution in [-0.4, -0.2) is 36.2 Å². The first-order valence-corrected chi connectivity index (χ1v) is 9.27. The van der Waals surface area contributed by atoms with Crippen LogP contribution in [0.5, 0.6) is 5.75 Å². The molecule has 1 aliphatic rings. The molecule has 3 aromatic rings. The molecule has 1 aromatic heterocycles. The maximum absolute atomic E-state index is 15.1. The third kappa shape index (κ3) is 2.89. The SMILES string of the molecule is O=C1CN(c2c(O)ccc(-c3cc(-c4ccccc4)n[nH]3)c2F)S(=O)(=O)N1. The van der Waals surface area contributed by atoms with Crippen LogP contribution in [0.25, 0.3) is 22.5 Å². The summed E-state index contributed by atoms with van der Waals surface area (Å²) in [6, 6.07) is 13.3. The Bertz CT molecular complexity index is 1140. The molecule has 10 heteroatoms. The third-order valence-corrected chi connectivity index (χ3v) is 5.48. The van der Waals surface area contributed by atoms with E-state index in [0.717, 1.165) is 11.6 Å². The Morgan fingerprint density at radius 1 is 1.15 bits per heavy atom. The summed E-state index contributed by atoms with van der Waals surface area (Å²) in [5, 5.41) is 16.9. The second kappa shape index (κ2) is 6.09. The molecule has 2 aromatic carbocycles. The fourth-order valence-electron chi connectivity index (χ4n) is 2.86. The molecule has 1 fully saturated rings. The quantitative estimate of drug-likeness (QED) is 0.633. The number of anilines is 1. The normalized spacial score (nSPS) is 15.7. The Kier molecular flexibility index (Phi) is 3.84. The number of hydrogen-bond donors (Lipinski definition) is 3. The number of amides is 1. The predicted molar refractivity (Wildman–Crippen MR) is 95.5 cm³/mol. The number of hydrogen-bond acceptors (Lipinski definition) is 5. The smallest absolute Gasteiger partial charge is 0.326 e. The van der Waals surface area contributed by atoms with Gasteiger partial charge in [0.15, 0.2) is 5.82 Å². The van der Waals surface area contributed by atoms with Crippen molar-refractivity contribution in [2.75, 3.05) is 10.8 Å². The fourth-order valence-corrected chi connectivity index (χ4v) is 4.03. The van der Waals surface area contributed by atoms with Crippen molar-refractivity contribution >= 4 is 21.8 Å². The molecule has 0 radical (unpaired) electrons. The van der Waals surface area contributed by atoms with Crippen molar-refractivity contribution in [2.24, 2.45) is 0 Å². The Morgan fingerprint density at radius 3 is 2.56 bits per heavy atom. The highest BCUT2D eigenvalue weighted by molar-refractivity contribution is 7.92. The number of H-pyrrole nitrogens is 1. The van der Waals surface area contributed by atoms with Crippen LogP contribution >= 0.6 is 0 Å². The number of phenolic OH excluding ortho intramolecular Hbond substituents is 1. The van der Waals surface area contributed by atoms with Crippen LogP contribution < -0.4 is 9.03 Å². The third-order valence-electron chi connectivity index (χ3n) is 4.10. The number of aromatic hydroxyl groups is 1. The first-order valence-electron chi connectivity index (χ1n) is 7.83. The number of halogens is 1. The van der Waals surface area contributed by atoms with Crippen LogP contribution in [-0.2, 0) is 15.0 Å². The topological polar surface area (TPSA) is 115 Å². The van der Waals surface area contributed by atoms with Crippen LogP contribution in [0.3, 0.4) is 0 Å². The molecule has 4 rings (SSSR count). The summed E-state index contributed by atoms with van der Waals surface area (Å²) in [5.74, 6) is -2.40. The molecule has 0 aliphatic carbocycles. The van der Waals surface area contributed by atoms with Crippen LogP contribution in [0.4, 0.5) is 10.1 Å². The number of nitrogens with one attached hydrogen (secondary N) is 2. The van der Waals surface area contributed by atoms with E-state index in [2.05, 4.69) is 10.2 Å². The molecular formula is C17H13FN4O4S. The Morgan fingerprint density at radius 2 is 1.89 bits per heavy atom. The molecule has 1 saturated heterocycles. The fraction of sp³-hybridized carbons (Fsp3) is 0.0588. The molecular weight excluding hydrogens is 375 g/mol. The van der Waals surface area contributed by atoms with Gasteiger partial charge in [-0.05, 0) is 18.2 Å². The first kappa shape index (κ1) is 17.0. The highest BCUT2D eigenvalue weighted by atomic mass is 32.2. The lowest BCUT2D eigenvalue weighted by molar-refractivity contribution is -0.117. The van der Waals surface area contributed by atoms with Gasteiger partial charge in [0, 0.05) is 11.1 Å². The van der Waals surface area contributed by atoms with Gasteiger partial charge in [-0.1, -0.05) is 30.3 Å². The van der Waals surface area contributed by atoms with E-state index in [4.69, 9.17) is 0 Å². The van der Waals surface area contributed by atoms with Crippen molar-refractivity contribution in [3.05, 3.63) is 54.3 Å². The summed E-state index contributed by atoms with van der Waals surface area (Å²) < 4.78 is 41.4. The number of rotatable bonds is 3. The van der Waals surface area contributed by atoms with Crippen molar-refractivity contribution < 1.29 is 22.7 Å². The summed E-state index contributed by atoms with van der Waals surface area (Å²) in [4.78, 5) is 11.4. The predicted octanol–water partition coefficient (Wildman–Crippen LogP) is 1.77. The van der Waals surface area contributed by atoms with E-state index < -0.39 is 39.9 Å². The van der Waals surface area contributed by atoms with Crippen LogP contribution in [0, 0.1) is 5.82 Å². The number of carbonyl (C=O) groups is 1. The van der Waals surface area contributed by atoms with Gasteiger partial charge in [-0.25, -0.2) is 13.4 Å². The highest BCUT2D eigenvalue weighted by Crippen LogP contribution is 2.38. The van der Waals surface area contributed by atoms with E-state index in [9.17, 15) is 18.3 Å². The van der Waals surface area contributed by atoms with Gasteiger partial charge >= 0.3 is 10.2 Å². The molecule has 0 unspecified atom stereocenters. The Labute approximate surface area is 153 Å². The van der Waals surface area contributed by atoms with E-state index >= 15 is 4.39 Å². The number of benzene rings is 2. The molecule has 0 atom stereocenters. The molecule has 8 nitrogen and oxygen atoms in total. The molecule has 1 amide bonds. The van der Waals surface area contributed by atoms with E-state index in [1.807, 2.05) is 30.3 Å². The van der Waals surface area contributed by atoms with Gasteiger partial charge in [-0.2, -0.15) is 13.5 Å². The summed E-state index contributed by atoms with van der Waals surface area (Å²) >= 11 is 0. The highest BCUT2D eigenvalue weighted by Gasteiger charge is 2.38. The van der Waals surface area contributed by atoms with Crippen molar-refractivity contribution in [3.8, 4) is 28.3 Å².